The van der Waals surface area contributed by atoms with Gasteiger partial charge in [0.2, 0.25) is 23.6 Å². The number of benzene rings is 1. The molecule has 1 heterocycles. The molecule has 1 aliphatic rings. The van der Waals surface area contributed by atoms with Gasteiger partial charge in [-0.2, -0.15) is 0 Å². The number of aliphatic carboxylic acids is 1. The lowest BCUT2D eigenvalue weighted by atomic mass is 9.97. The van der Waals surface area contributed by atoms with Crippen molar-refractivity contribution in [3.8, 4) is 0 Å². The maximum absolute atomic E-state index is 13.4. The molecule has 0 radical (unpaired) electrons. The number of likely N-dealkylation sites (tertiary alicyclic amines) is 1. The lowest BCUT2D eigenvalue weighted by molar-refractivity contribution is -0.137. The number of hydrogen-bond donors (Lipinski definition) is 5. The van der Waals surface area contributed by atoms with Gasteiger partial charge in [-0.1, -0.05) is 63.9 Å². The summed E-state index contributed by atoms with van der Waals surface area (Å²) in [7, 11) is 0. The van der Waals surface area contributed by atoms with Crippen LogP contribution >= 0.6 is 0 Å². The number of carboxylic acid groups (broad SMARTS) is 1. The van der Waals surface area contributed by atoms with E-state index in [2.05, 4.69) is 38.3 Å². The van der Waals surface area contributed by atoms with E-state index in [4.69, 9.17) is 5.11 Å². The van der Waals surface area contributed by atoms with Crippen molar-refractivity contribution in [2.45, 2.75) is 123 Å². The summed E-state index contributed by atoms with van der Waals surface area (Å²) in [6.07, 6.45) is 4.24. The first kappa shape index (κ1) is 36.7. The lowest BCUT2D eigenvalue weighted by Gasteiger charge is -2.28. The van der Waals surface area contributed by atoms with Crippen molar-refractivity contribution in [1.82, 2.24) is 26.2 Å². The van der Waals surface area contributed by atoms with Gasteiger partial charge in [0, 0.05) is 38.0 Å². The zero-order valence-corrected chi connectivity index (χ0v) is 27.1. The number of amides is 4. The number of nitrogens with zero attached hydrogens (tertiary/aromatic N) is 1. The summed E-state index contributed by atoms with van der Waals surface area (Å²) < 4.78 is 0. The van der Waals surface area contributed by atoms with Crippen molar-refractivity contribution in [1.29, 1.82) is 0 Å². The van der Waals surface area contributed by atoms with Gasteiger partial charge in [0.15, 0.2) is 0 Å². The maximum Gasteiger partial charge on any atom is 0.303 e. The van der Waals surface area contributed by atoms with E-state index in [0.717, 1.165) is 12.8 Å². The van der Waals surface area contributed by atoms with Crippen molar-refractivity contribution in [2.24, 2.45) is 5.92 Å². The highest BCUT2D eigenvalue weighted by Gasteiger charge is 2.37. The number of rotatable bonds is 19. The Morgan fingerprint density at radius 3 is 2.30 bits per heavy atom. The second kappa shape index (κ2) is 19.0. The average molecular weight is 616 g/mol. The van der Waals surface area contributed by atoms with Gasteiger partial charge in [-0.3, -0.25) is 28.9 Å². The Morgan fingerprint density at radius 1 is 0.955 bits per heavy atom. The monoisotopic (exact) mass is 615 g/mol. The third kappa shape index (κ3) is 12.3. The van der Waals surface area contributed by atoms with Crippen LogP contribution < -0.4 is 21.3 Å². The zero-order chi connectivity index (χ0) is 32.6. The van der Waals surface area contributed by atoms with Crippen LogP contribution in [-0.2, 0) is 30.4 Å². The van der Waals surface area contributed by atoms with Crippen LogP contribution in [0.25, 0.3) is 0 Å². The first-order valence-electron chi connectivity index (χ1n) is 16.2. The number of hydrogen-bond acceptors (Lipinski definition) is 6. The number of carbonyl (C=O) groups excluding carboxylic acids is 4. The van der Waals surface area contributed by atoms with Crippen LogP contribution in [0, 0.1) is 5.92 Å². The van der Waals surface area contributed by atoms with E-state index in [1.807, 2.05) is 52.8 Å². The van der Waals surface area contributed by atoms with E-state index < -0.39 is 29.9 Å². The Kier molecular flexibility index (Phi) is 15.9. The second-order valence-electron chi connectivity index (χ2n) is 12.1. The van der Waals surface area contributed by atoms with Gasteiger partial charge >= 0.3 is 5.97 Å². The van der Waals surface area contributed by atoms with E-state index >= 15 is 0 Å². The molecular formula is C33H53N5O6. The van der Waals surface area contributed by atoms with Gasteiger partial charge in [0.1, 0.15) is 12.1 Å². The first-order chi connectivity index (χ1) is 21.0. The molecule has 1 unspecified atom stereocenters. The molecule has 1 aliphatic heterocycles. The van der Waals surface area contributed by atoms with Gasteiger partial charge in [-0.05, 0) is 57.4 Å². The largest absolute Gasteiger partial charge is 0.481 e. The van der Waals surface area contributed by atoms with Gasteiger partial charge in [0.05, 0.1) is 6.04 Å². The van der Waals surface area contributed by atoms with Crippen molar-refractivity contribution in [2.75, 3.05) is 13.1 Å². The normalized spacial score (nSPS) is 19.3. The van der Waals surface area contributed by atoms with Gasteiger partial charge < -0.3 is 26.4 Å². The highest BCUT2D eigenvalue weighted by atomic mass is 16.4. The number of aryl methyl sites for hydroxylation is 1. The molecule has 0 spiro atoms. The fourth-order valence-corrected chi connectivity index (χ4v) is 5.62. The predicted molar refractivity (Wildman–Crippen MR) is 170 cm³/mol. The molecule has 5 N–H and O–H groups in total. The molecule has 246 valence electrons. The molecule has 1 saturated heterocycles. The Hall–Kier alpha value is -3.47. The van der Waals surface area contributed by atoms with E-state index in [-0.39, 0.29) is 55.1 Å². The number of nitrogens with one attached hydrogen (secondary N) is 4. The maximum atomic E-state index is 13.4. The molecule has 2 rings (SSSR count). The molecular weight excluding hydrogens is 562 g/mol. The van der Waals surface area contributed by atoms with Crippen molar-refractivity contribution in [3.63, 3.8) is 0 Å². The van der Waals surface area contributed by atoms with Gasteiger partial charge in [-0.15, -0.1) is 0 Å². The summed E-state index contributed by atoms with van der Waals surface area (Å²) in [6, 6.07) is 8.15. The highest BCUT2D eigenvalue weighted by molar-refractivity contribution is 5.92. The Bertz CT molecular complexity index is 1080. The molecule has 44 heavy (non-hydrogen) atoms. The standard InChI is InChI=1S/C33H53N5O6/c1-6-13-27(36-33(44)30(22(3)7-2)37-28(39)17-11-18-29(40)41)32(43)35-26-20-23(4)38(21-26)24(5)31(42)34-19-12-16-25-14-9-8-10-15-25/h8-10,14-15,22-24,26-27,30H,6-7,11-13,16-21H2,1-5H3,(H,34,42)(H,35,43)(H,36,44)(H,37,39)(H,40,41)/t22-,23?,24-,26-,27-,30-/m0/s1. The SMILES string of the molecule is CCC[C@H](NC(=O)[C@@H](NC(=O)CCCC(=O)O)[C@@H](C)CC)C(=O)N[C@H]1CC(C)N([C@@H](C)C(=O)NCCCc2ccccc2)C1. The zero-order valence-electron chi connectivity index (χ0n) is 27.1. The molecule has 11 heteroatoms. The van der Waals surface area contributed by atoms with Crippen molar-refractivity contribution >= 4 is 29.6 Å². The fraction of sp³-hybridized carbons (Fsp3) is 0.667. The minimum atomic E-state index is -0.977. The van der Waals surface area contributed by atoms with E-state index in [1.54, 1.807) is 0 Å². The van der Waals surface area contributed by atoms with Gasteiger partial charge in [-0.25, -0.2) is 0 Å². The molecule has 4 amide bonds. The fourth-order valence-electron chi connectivity index (χ4n) is 5.62. The highest BCUT2D eigenvalue weighted by Crippen LogP contribution is 2.21. The molecule has 0 bridgehead atoms. The van der Waals surface area contributed by atoms with E-state index in [9.17, 15) is 24.0 Å². The molecule has 1 fully saturated rings. The Balaban J connectivity index is 1.90. The predicted octanol–water partition coefficient (Wildman–Crippen LogP) is 2.77. The van der Waals surface area contributed by atoms with Crippen LogP contribution in [0.2, 0.25) is 0 Å². The smallest absolute Gasteiger partial charge is 0.303 e. The molecule has 11 nitrogen and oxygen atoms in total. The Labute approximate surface area is 262 Å². The summed E-state index contributed by atoms with van der Waals surface area (Å²) in [5.74, 6) is -2.30. The van der Waals surface area contributed by atoms with Gasteiger partial charge in [0.25, 0.3) is 0 Å². The van der Waals surface area contributed by atoms with Crippen LogP contribution in [0.3, 0.4) is 0 Å². The minimum Gasteiger partial charge on any atom is -0.481 e. The molecule has 6 atom stereocenters. The van der Waals surface area contributed by atoms with Crippen molar-refractivity contribution in [3.05, 3.63) is 35.9 Å². The second-order valence-corrected chi connectivity index (χ2v) is 12.1. The summed E-state index contributed by atoms with van der Waals surface area (Å²) >= 11 is 0. The van der Waals surface area contributed by atoms with Crippen LogP contribution in [-0.4, -0.2) is 82.9 Å². The quantitative estimate of drug-likeness (QED) is 0.150. The topological polar surface area (TPSA) is 157 Å². The third-order valence-corrected chi connectivity index (χ3v) is 8.45. The van der Waals surface area contributed by atoms with Crippen LogP contribution in [0.1, 0.15) is 91.5 Å². The van der Waals surface area contributed by atoms with Crippen LogP contribution in [0.5, 0.6) is 0 Å². The lowest BCUT2D eigenvalue weighted by Crippen LogP contribution is -2.56. The Morgan fingerprint density at radius 2 is 1.66 bits per heavy atom. The third-order valence-electron chi connectivity index (χ3n) is 8.45. The number of carbonyl (C=O) groups is 5. The molecule has 1 aromatic rings. The van der Waals surface area contributed by atoms with Crippen LogP contribution in [0.4, 0.5) is 0 Å². The first-order valence-corrected chi connectivity index (χ1v) is 16.2. The van der Waals surface area contributed by atoms with E-state index in [0.29, 0.717) is 38.8 Å². The summed E-state index contributed by atoms with van der Waals surface area (Å²) in [6.45, 7) is 10.8. The summed E-state index contributed by atoms with van der Waals surface area (Å²) in [4.78, 5) is 64.9. The molecule has 1 aromatic carbocycles. The van der Waals surface area contributed by atoms with Crippen molar-refractivity contribution < 1.29 is 29.1 Å². The number of carboxylic acids is 1. The van der Waals surface area contributed by atoms with E-state index in [1.165, 1.54) is 5.56 Å². The average Bonchev–Trinajstić information content (AvgIpc) is 3.36. The molecule has 0 aromatic heterocycles. The summed E-state index contributed by atoms with van der Waals surface area (Å²) in [5.41, 5.74) is 1.24. The molecule has 0 aliphatic carbocycles. The van der Waals surface area contributed by atoms with Crippen LogP contribution in [0.15, 0.2) is 30.3 Å². The minimum absolute atomic E-state index is 0.00584. The summed E-state index contributed by atoms with van der Waals surface area (Å²) in [5, 5.41) is 20.6. The molecule has 0 saturated carbocycles.